The molecule has 0 radical (unpaired) electrons. The molecule has 4 rings (SSSR count). The Balaban J connectivity index is 1.64. The predicted octanol–water partition coefficient (Wildman–Crippen LogP) is 7.61. The predicted molar refractivity (Wildman–Crippen MR) is 133 cm³/mol. The quantitative estimate of drug-likeness (QED) is 0.287. The maximum Gasteiger partial charge on any atom is 0.191 e. The SMILES string of the molecule is CC(=N)CCc1nc(Cc2ccc(-c3nc(C)oc3C)cc2C)sc1-c1cccc(Cl)c1. The van der Waals surface area contributed by atoms with Crippen molar-refractivity contribution in [2.45, 2.75) is 47.0 Å². The second-order valence-corrected chi connectivity index (χ2v) is 9.65. The van der Waals surface area contributed by atoms with Crippen LogP contribution >= 0.6 is 22.9 Å². The molecule has 32 heavy (non-hydrogen) atoms. The van der Waals surface area contributed by atoms with E-state index in [2.05, 4.69) is 36.2 Å². The summed E-state index contributed by atoms with van der Waals surface area (Å²) in [7, 11) is 0. The molecule has 2 heterocycles. The highest BCUT2D eigenvalue weighted by Gasteiger charge is 2.16. The van der Waals surface area contributed by atoms with Crippen LogP contribution in [0.4, 0.5) is 0 Å². The van der Waals surface area contributed by atoms with Crippen molar-refractivity contribution in [3.8, 4) is 21.7 Å². The molecule has 0 aliphatic rings. The van der Waals surface area contributed by atoms with Gasteiger partial charge in [-0.1, -0.05) is 35.9 Å². The van der Waals surface area contributed by atoms with Crippen molar-refractivity contribution in [1.82, 2.24) is 9.97 Å². The first-order chi connectivity index (χ1) is 15.3. The van der Waals surface area contributed by atoms with Crippen LogP contribution in [-0.2, 0) is 12.8 Å². The van der Waals surface area contributed by atoms with E-state index in [1.54, 1.807) is 11.3 Å². The average molecular weight is 464 g/mol. The number of oxazole rings is 1. The Morgan fingerprint density at radius 3 is 2.53 bits per heavy atom. The van der Waals surface area contributed by atoms with Crippen molar-refractivity contribution < 1.29 is 4.42 Å². The fraction of sp³-hybridized carbons (Fsp3) is 0.269. The lowest BCUT2D eigenvalue weighted by atomic mass is 10.0. The first-order valence-electron chi connectivity index (χ1n) is 10.6. The molecule has 0 fully saturated rings. The van der Waals surface area contributed by atoms with Gasteiger partial charge >= 0.3 is 0 Å². The number of benzene rings is 2. The summed E-state index contributed by atoms with van der Waals surface area (Å²) in [5.41, 5.74) is 7.22. The first-order valence-corrected chi connectivity index (χ1v) is 11.8. The molecule has 2 aromatic heterocycles. The van der Waals surface area contributed by atoms with Crippen molar-refractivity contribution in [2.24, 2.45) is 0 Å². The van der Waals surface area contributed by atoms with Gasteiger partial charge in [0.15, 0.2) is 5.89 Å². The van der Waals surface area contributed by atoms with Crippen LogP contribution in [0.25, 0.3) is 21.7 Å². The van der Waals surface area contributed by atoms with E-state index in [-0.39, 0.29) is 0 Å². The summed E-state index contributed by atoms with van der Waals surface area (Å²) in [5, 5.41) is 9.61. The molecule has 4 aromatic rings. The van der Waals surface area contributed by atoms with Gasteiger partial charge < -0.3 is 9.83 Å². The summed E-state index contributed by atoms with van der Waals surface area (Å²) in [6, 6.07) is 14.4. The Morgan fingerprint density at radius 1 is 1.06 bits per heavy atom. The van der Waals surface area contributed by atoms with E-state index in [0.29, 0.717) is 18.0 Å². The molecular weight excluding hydrogens is 438 g/mol. The summed E-state index contributed by atoms with van der Waals surface area (Å²) in [6.07, 6.45) is 2.24. The van der Waals surface area contributed by atoms with Crippen LogP contribution < -0.4 is 0 Å². The van der Waals surface area contributed by atoms with Gasteiger partial charge in [-0.3, -0.25) is 0 Å². The molecular formula is C26H26ClN3OS. The van der Waals surface area contributed by atoms with E-state index in [1.165, 1.54) is 11.1 Å². The lowest BCUT2D eigenvalue weighted by Gasteiger charge is -2.06. The van der Waals surface area contributed by atoms with Gasteiger partial charge in [0.25, 0.3) is 0 Å². The molecule has 0 saturated heterocycles. The summed E-state index contributed by atoms with van der Waals surface area (Å²) >= 11 is 7.96. The Morgan fingerprint density at radius 2 is 1.88 bits per heavy atom. The molecule has 1 N–H and O–H groups in total. The van der Waals surface area contributed by atoms with Gasteiger partial charge in [0.05, 0.1) is 15.6 Å². The maximum atomic E-state index is 7.82. The van der Waals surface area contributed by atoms with Crippen molar-refractivity contribution in [1.29, 1.82) is 5.41 Å². The van der Waals surface area contributed by atoms with E-state index in [0.717, 1.165) is 56.0 Å². The second kappa shape index (κ2) is 9.39. The van der Waals surface area contributed by atoms with Gasteiger partial charge in [-0.25, -0.2) is 9.97 Å². The molecule has 6 heteroatoms. The lowest BCUT2D eigenvalue weighted by Crippen LogP contribution is -1.97. The summed E-state index contributed by atoms with van der Waals surface area (Å²) in [6.45, 7) is 7.79. The Labute approximate surface area is 197 Å². The number of aryl methyl sites for hydroxylation is 4. The maximum absolute atomic E-state index is 7.82. The molecule has 0 bridgehead atoms. The molecule has 0 unspecified atom stereocenters. The standard InChI is InChI=1S/C26H26ClN3OS/c1-15-12-20(25-17(3)31-18(4)29-25)10-9-19(15)14-24-30-23(11-8-16(2)28)26(32-24)21-6-5-7-22(27)13-21/h5-7,9-10,12-13,28H,8,11,14H2,1-4H3. The minimum Gasteiger partial charge on any atom is -0.446 e. The molecule has 0 aliphatic heterocycles. The van der Waals surface area contributed by atoms with Crippen molar-refractivity contribution in [3.63, 3.8) is 0 Å². The monoisotopic (exact) mass is 463 g/mol. The van der Waals surface area contributed by atoms with Gasteiger partial charge in [-0.2, -0.15) is 0 Å². The second-order valence-electron chi connectivity index (χ2n) is 8.13. The minimum absolute atomic E-state index is 0.668. The summed E-state index contributed by atoms with van der Waals surface area (Å²) in [5.74, 6) is 1.52. The van der Waals surface area contributed by atoms with E-state index in [4.69, 9.17) is 26.4 Å². The Kier molecular flexibility index (Phi) is 6.58. The number of rotatable bonds is 7. The first kappa shape index (κ1) is 22.4. The number of halogens is 1. The van der Waals surface area contributed by atoms with E-state index in [9.17, 15) is 0 Å². The summed E-state index contributed by atoms with van der Waals surface area (Å²) < 4.78 is 5.60. The van der Waals surface area contributed by atoms with Gasteiger partial charge in [-0.15, -0.1) is 11.3 Å². The number of aromatic nitrogens is 2. The van der Waals surface area contributed by atoms with Crippen LogP contribution in [0.2, 0.25) is 5.02 Å². The zero-order valence-corrected chi connectivity index (χ0v) is 20.3. The third-order valence-electron chi connectivity index (χ3n) is 5.43. The van der Waals surface area contributed by atoms with Crippen LogP contribution in [0, 0.1) is 26.2 Å². The molecule has 164 valence electrons. The van der Waals surface area contributed by atoms with Gasteiger partial charge in [-0.05, 0) is 68.5 Å². The highest BCUT2D eigenvalue weighted by atomic mass is 35.5. The number of hydrogen-bond donors (Lipinski definition) is 1. The Bertz CT molecular complexity index is 1290. The molecule has 0 atom stereocenters. The van der Waals surface area contributed by atoms with E-state index < -0.39 is 0 Å². The third kappa shape index (κ3) is 5.00. The fourth-order valence-electron chi connectivity index (χ4n) is 3.81. The fourth-order valence-corrected chi connectivity index (χ4v) is 5.13. The molecule has 0 spiro atoms. The van der Waals surface area contributed by atoms with Crippen LogP contribution in [0.5, 0.6) is 0 Å². The molecule has 0 amide bonds. The Hall–Kier alpha value is -2.76. The highest BCUT2D eigenvalue weighted by Crippen LogP contribution is 2.34. The van der Waals surface area contributed by atoms with E-state index >= 15 is 0 Å². The number of nitrogens with one attached hydrogen (secondary N) is 1. The normalized spacial score (nSPS) is 11.2. The third-order valence-corrected chi connectivity index (χ3v) is 6.81. The van der Waals surface area contributed by atoms with Gasteiger partial charge in [0.1, 0.15) is 11.5 Å². The average Bonchev–Trinajstić information content (AvgIpc) is 3.30. The molecule has 2 aromatic carbocycles. The number of thiazole rings is 1. The number of hydrogen-bond acceptors (Lipinski definition) is 5. The minimum atomic E-state index is 0.668. The smallest absolute Gasteiger partial charge is 0.191 e. The molecule has 4 nitrogen and oxygen atoms in total. The molecule has 0 saturated carbocycles. The van der Waals surface area contributed by atoms with Gasteiger partial charge in [0.2, 0.25) is 0 Å². The van der Waals surface area contributed by atoms with Crippen LogP contribution in [0.15, 0.2) is 46.9 Å². The summed E-state index contributed by atoms with van der Waals surface area (Å²) in [4.78, 5) is 10.6. The zero-order valence-electron chi connectivity index (χ0n) is 18.8. The van der Waals surface area contributed by atoms with Crippen LogP contribution in [-0.4, -0.2) is 15.7 Å². The van der Waals surface area contributed by atoms with Crippen molar-refractivity contribution in [3.05, 3.63) is 81.0 Å². The van der Waals surface area contributed by atoms with Crippen molar-refractivity contribution in [2.75, 3.05) is 0 Å². The highest BCUT2D eigenvalue weighted by molar-refractivity contribution is 7.15. The zero-order chi connectivity index (χ0) is 22.8. The van der Waals surface area contributed by atoms with Crippen LogP contribution in [0.3, 0.4) is 0 Å². The van der Waals surface area contributed by atoms with Crippen LogP contribution in [0.1, 0.15) is 46.8 Å². The van der Waals surface area contributed by atoms with E-state index in [1.807, 2.05) is 39.0 Å². The topological polar surface area (TPSA) is 62.8 Å². The largest absolute Gasteiger partial charge is 0.446 e. The lowest BCUT2D eigenvalue weighted by molar-refractivity contribution is 0.495. The van der Waals surface area contributed by atoms with Crippen molar-refractivity contribution >= 4 is 28.6 Å². The number of nitrogens with zero attached hydrogens (tertiary/aromatic N) is 2. The van der Waals surface area contributed by atoms with Gasteiger partial charge in [0, 0.05) is 29.6 Å². The molecule has 0 aliphatic carbocycles.